The van der Waals surface area contributed by atoms with Gasteiger partial charge in [-0.2, -0.15) is 0 Å². The molecule has 0 heterocycles. The van der Waals surface area contributed by atoms with E-state index in [1.165, 1.54) is 31.2 Å². The Bertz CT molecular complexity index is 274. The SMILES string of the molecule is Fc1cccc([C]2CCCCC2)c1. The van der Waals surface area contributed by atoms with Crippen LogP contribution in [0.3, 0.4) is 0 Å². The summed E-state index contributed by atoms with van der Waals surface area (Å²) < 4.78 is 12.9. The summed E-state index contributed by atoms with van der Waals surface area (Å²) in [5, 5.41) is 0. The standard InChI is InChI=1S/C12H14F/c13-12-8-4-7-11(9-12)10-5-2-1-3-6-10/h4,7-9H,1-3,5-6H2. The molecule has 0 aliphatic heterocycles. The van der Waals surface area contributed by atoms with Gasteiger partial charge in [-0.25, -0.2) is 4.39 Å². The van der Waals surface area contributed by atoms with Crippen LogP contribution in [0.5, 0.6) is 0 Å². The number of benzene rings is 1. The van der Waals surface area contributed by atoms with Gasteiger partial charge < -0.3 is 0 Å². The Kier molecular flexibility index (Phi) is 2.62. The highest BCUT2D eigenvalue weighted by atomic mass is 19.1. The molecule has 1 aliphatic carbocycles. The molecule has 0 N–H and O–H groups in total. The average molecular weight is 177 g/mol. The Hall–Kier alpha value is -0.850. The van der Waals surface area contributed by atoms with Gasteiger partial charge in [0.05, 0.1) is 0 Å². The second kappa shape index (κ2) is 3.91. The minimum atomic E-state index is -0.115. The fourth-order valence-electron chi connectivity index (χ4n) is 1.98. The van der Waals surface area contributed by atoms with Crippen LogP contribution in [0.4, 0.5) is 4.39 Å². The van der Waals surface area contributed by atoms with Crippen molar-refractivity contribution in [3.05, 3.63) is 41.6 Å². The van der Waals surface area contributed by atoms with E-state index >= 15 is 0 Å². The molecule has 0 nitrogen and oxygen atoms in total. The molecule has 0 saturated heterocycles. The van der Waals surface area contributed by atoms with Crippen LogP contribution >= 0.6 is 0 Å². The summed E-state index contributed by atoms with van der Waals surface area (Å²) in [4.78, 5) is 0. The first-order valence-electron chi connectivity index (χ1n) is 4.97. The molecule has 1 aromatic carbocycles. The van der Waals surface area contributed by atoms with Gasteiger partial charge in [-0.3, -0.25) is 0 Å². The van der Waals surface area contributed by atoms with Crippen LogP contribution < -0.4 is 0 Å². The quantitative estimate of drug-likeness (QED) is 0.613. The lowest BCUT2D eigenvalue weighted by molar-refractivity contribution is 0.548. The molecule has 0 unspecified atom stereocenters. The Labute approximate surface area is 78.8 Å². The molecule has 2 rings (SSSR count). The minimum Gasteiger partial charge on any atom is -0.207 e. The molecule has 13 heavy (non-hydrogen) atoms. The predicted octanol–water partition coefficient (Wildman–Crippen LogP) is 3.71. The highest BCUT2D eigenvalue weighted by Crippen LogP contribution is 2.31. The molecule has 0 atom stereocenters. The van der Waals surface area contributed by atoms with Gasteiger partial charge in [-0.1, -0.05) is 31.4 Å². The maximum Gasteiger partial charge on any atom is 0.123 e. The largest absolute Gasteiger partial charge is 0.207 e. The molecule has 69 valence electrons. The number of hydrogen-bond donors (Lipinski definition) is 0. The van der Waals surface area contributed by atoms with Crippen molar-refractivity contribution in [1.82, 2.24) is 0 Å². The van der Waals surface area contributed by atoms with E-state index < -0.39 is 0 Å². The lowest BCUT2D eigenvalue weighted by Gasteiger charge is -2.21. The van der Waals surface area contributed by atoms with Crippen LogP contribution in [0.25, 0.3) is 0 Å². The van der Waals surface area contributed by atoms with Gasteiger partial charge in [-0.05, 0) is 30.5 Å². The van der Waals surface area contributed by atoms with Crippen molar-refractivity contribution in [2.24, 2.45) is 0 Å². The third-order valence-electron chi connectivity index (χ3n) is 2.69. The molecule has 1 radical (unpaired) electrons. The monoisotopic (exact) mass is 177 g/mol. The lowest BCUT2D eigenvalue weighted by Crippen LogP contribution is -2.05. The van der Waals surface area contributed by atoms with Crippen molar-refractivity contribution in [1.29, 1.82) is 0 Å². The molecule has 1 aromatic rings. The molecule has 1 fully saturated rings. The lowest BCUT2D eigenvalue weighted by atomic mass is 9.84. The van der Waals surface area contributed by atoms with Crippen molar-refractivity contribution in [2.45, 2.75) is 32.1 Å². The van der Waals surface area contributed by atoms with Crippen molar-refractivity contribution in [2.75, 3.05) is 0 Å². The number of hydrogen-bond acceptors (Lipinski definition) is 0. The molecular weight excluding hydrogens is 163 g/mol. The van der Waals surface area contributed by atoms with Crippen LogP contribution in [-0.4, -0.2) is 0 Å². The first kappa shape index (κ1) is 8.74. The smallest absolute Gasteiger partial charge is 0.123 e. The van der Waals surface area contributed by atoms with E-state index in [4.69, 9.17) is 0 Å². The third kappa shape index (κ3) is 2.09. The third-order valence-corrected chi connectivity index (χ3v) is 2.69. The van der Waals surface area contributed by atoms with Crippen LogP contribution in [0, 0.1) is 11.7 Å². The molecule has 1 saturated carbocycles. The van der Waals surface area contributed by atoms with Gasteiger partial charge in [0.1, 0.15) is 5.82 Å². The van der Waals surface area contributed by atoms with E-state index in [0.717, 1.165) is 18.4 Å². The number of rotatable bonds is 1. The van der Waals surface area contributed by atoms with Gasteiger partial charge in [0.2, 0.25) is 0 Å². The minimum absolute atomic E-state index is 0.115. The van der Waals surface area contributed by atoms with E-state index in [2.05, 4.69) is 0 Å². The van der Waals surface area contributed by atoms with Gasteiger partial charge in [-0.15, -0.1) is 0 Å². The molecule has 0 aromatic heterocycles. The van der Waals surface area contributed by atoms with E-state index in [1.807, 2.05) is 6.07 Å². The maximum absolute atomic E-state index is 12.9. The summed E-state index contributed by atoms with van der Waals surface area (Å²) in [6.07, 6.45) is 6.18. The van der Waals surface area contributed by atoms with Crippen LogP contribution in [-0.2, 0) is 0 Å². The van der Waals surface area contributed by atoms with E-state index in [1.54, 1.807) is 12.1 Å². The van der Waals surface area contributed by atoms with Gasteiger partial charge in [0.15, 0.2) is 0 Å². The second-order valence-electron chi connectivity index (χ2n) is 3.67. The number of halogens is 1. The second-order valence-corrected chi connectivity index (χ2v) is 3.67. The Morgan fingerprint density at radius 3 is 2.46 bits per heavy atom. The highest BCUT2D eigenvalue weighted by Gasteiger charge is 2.15. The van der Waals surface area contributed by atoms with E-state index in [0.29, 0.717) is 0 Å². The summed E-state index contributed by atoms with van der Waals surface area (Å²) in [7, 11) is 0. The first-order valence-corrected chi connectivity index (χ1v) is 4.97. The predicted molar refractivity (Wildman–Crippen MR) is 51.8 cm³/mol. The Morgan fingerprint density at radius 1 is 1.00 bits per heavy atom. The maximum atomic E-state index is 12.9. The zero-order chi connectivity index (χ0) is 9.10. The van der Waals surface area contributed by atoms with Gasteiger partial charge in [0.25, 0.3) is 0 Å². The zero-order valence-corrected chi connectivity index (χ0v) is 7.72. The van der Waals surface area contributed by atoms with E-state index in [9.17, 15) is 4.39 Å². The van der Waals surface area contributed by atoms with Crippen molar-refractivity contribution in [3.8, 4) is 0 Å². The van der Waals surface area contributed by atoms with Gasteiger partial charge in [0, 0.05) is 5.92 Å². The van der Waals surface area contributed by atoms with Gasteiger partial charge >= 0.3 is 0 Å². The normalized spacial score (nSPS) is 18.8. The average Bonchev–Trinajstić information content (AvgIpc) is 2.19. The Morgan fingerprint density at radius 2 is 1.77 bits per heavy atom. The summed E-state index contributed by atoms with van der Waals surface area (Å²) >= 11 is 0. The fourth-order valence-corrected chi connectivity index (χ4v) is 1.98. The van der Waals surface area contributed by atoms with Crippen LogP contribution in [0.15, 0.2) is 24.3 Å². The van der Waals surface area contributed by atoms with Crippen molar-refractivity contribution < 1.29 is 4.39 Å². The molecule has 0 bridgehead atoms. The topological polar surface area (TPSA) is 0 Å². The molecule has 1 aliphatic rings. The van der Waals surface area contributed by atoms with E-state index in [-0.39, 0.29) is 5.82 Å². The van der Waals surface area contributed by atoms with Crippen molar-refractivity contribution >= 4 is 0 Å². The van der Waals surface area contributed by atoms with Crippen LogP contribution in [0.2, 0.25) is 0 Å². The van der Waals surface area contributed by atoms with Crippen LogP contribution in [0.1, 0.15) is 37.7 Å². The summed E-state index contributed by atoms with van der Waals surface area (Å²) in [6, 6.07) is 6.98. The zero-order valence-electron chi connectivity index (χ0n) is 7.72. The summed E-state index contributed by atoms with van der Waals surface area (Å²) in [6.45, 7) is 0. The first-order chi connectivity index (χ1) is 6.36. The summed E-state index contributed by atoms with van der Waals surface area (Å²) in [5.74, 6) is 1.32. The highest BCUT2D eigenvalue weighted by molar-refractivity contribution is 5.31. The molecular formula is C12H14F. The summed E-state index contributed by atoms with van der Waals surface area (Å²) in [5.41, 5.74) is 1.11. The molecule has 0 amide bonds. The molecule has 1 heteroatoms. The molecule has 0 spiro atoms. The fraction of sp³-hybridized carbons (Fsp3) is 0.417. The van der Waals surface area contributed by atoms with Crippen molar-refractivity contribution in [3.63, 3.8) is 0 Å². The Balaban J connectivity index is 2.14.